The van der Waals surface area contributed by atoms with Gasteiger partial charge in [0.15, 0.2) is 6.61 Å². The number of ether oxygens (including phenoxy) is 1. The summed E-state index contributed by atoms with van der Waals surface area (Å²) in [5.74, 6) is 0.498. The number of hydrogen-bond acceptors (Lipinski definition) is 4. The van der Waals surface area contributed by atoms with Crippen LogP contribution in [0.3, 0.4) is 0 Å². The van der Waals surface area contributed by atoms with Crippen LogP contribution in [0.15, 0.2) is 24.3 Å². The molecule has 0 spiro atoms. The van der Waals surface area contributed by atoms with Crippen LogP contribution in [0.5, 0.6) is 5.75 Å². The second kappa shape index (κ2) is 6.67. The standard InChI is InChI=1S/C14H18N2O3S/c15-14(20)10-3-5-12(6-4-10)19-9-13(18)16-7-1-2-11(16)8-17/h3-6,11,17H,1-2,7-9H2,(H2,15,20). The number of nitrogens with zero attached hydrogens (tertiary/aromatic N) is 1. The zero-order valence-electron chi connectivity index (χ0n) is 11.1. The highest BCUT2D eigenvalue weighted by molar-refractivity contribution is 7.80. The van der Waals surface area contributed by atoms with Gasteiger partial charge in [0.05, 0.1) is 12.6 Å². The number of carbonyl (C=O) groups is 1. The minimum Gasteiger partial charge on any atom is -0.484 e. The van der Waals surface area contributed by atoms with Crippen molar-refractivity contribution in [3.63, 3.8) is 0 Å². The molecule has 1 amide bonds. The van der Waals surface area contributed by atoms with Gasteiger partial charge in [0.25, 0.3) is 5.91 Å². The van der Waals surface area contributed by atoms with Crippen LogP contribution in [0.2, 0.25) is 0 Å². The minimum absolute atomic E-state index is 0.00832. The molecule has 1 aromatic rings. The third-order valence-corrected chi connectivity index (χ3v) is 3.65. The van der Waals surface area contributed by atoms with Crippen LogP contribution in [0.25, 0.3) is 0 Å². The number of nitrogens with two attached hydrogens (primary N) is 1. The summed E-state index contributed by atoms with van der Waals surface area (Å²) in [7, 11) is 0. The van der Waals surface area contributed by atoms with E-state index in [1.54, 1.807) is 29.2 Å². The van der Waals surface area contributed by atoms with Crippen molar-refractivity contribution in [1.82, 2.24) is 4.90 Å². The molecule has 1 saturated heterocycles. The molecule has 20 heavy (non-hydrogen) atoms. The Morgan fingerprint density at radius 2 is 2.15 bits per heavy atom. The molecule has 1 aliphatic heterocycles. The lowest BCUT2D eigenvalue weighted by atomic mass is 10.2. The van der Waals surface area contributed by atoms with Gasteiger partial charge < -0.3 is 20.5 Å². The predicted molar refractivity (Wildman–Crippen MR) is 79.6 cm³/mol. The molecule has 3 N–H and O–H groups in total. The van der Waals surface area contributed by atoms with Gasteiger partial charge in [0.1, 0.15) is 10.7 Å². The zero-order chi connectivity index (χ0) is 14.5. The van der Waals surface area contributed by atoms with Crippen molar-refractivity contribution in [1.29, 1.82) is 0 Å². The molecule has 2 rings (SSSR count). The molecular weight excluding hydrogens is 276 g/mol. The summed E-state index contributed by atoms with van der Waals surface area (Å²) in [6, 6.07) is 6.91. The molecule has 108 valence electrons. The van der Waals surface area contributed by atoms with Crippen molar-refractivity contribution >= 4 is 23.1 Å². The van der Waals surface area contributed by atoms with Crippen molar-refractivity contribution in [3.8, 4) is 5.75 Å². The van der Waals surface area contributed by atoms with Gasteiger partial charge in [0.2, 0.25) is 0 Å². The van der Waals surface area contributed by atoms with E-state index in [-0.39, 0.29) is 25.2 Å². The lowest BCUT2D eigenvalue weighted by molar-refractivity contribution is -0.134. The lowest BCUT2D eigenvalue weighted by Gasteiger charge is -2.22. The topological polar surface area (TPSA) is 75.8 Å². The molecule has 5 nitrogen and oxygen atoms in total. The van der Waals surface area contributed by atoms with Crippen LogP contribution >= 0.6 is 12.2 Å². The summed E-state index contributed by atoms with van der Waals surface area (Å²) in [6.45, 7) is 0.672. The zero-order valence-corrected chi connectivity index (χ0v) is 11.9. The SMILES string of the molecule is NC(=S)c1ccc(OCC(=O)N2CCCC2CO)cc1. The van der Waals surface area contributed by atoms with E-state index in [4.69, 9.17) is 22.7 Å². The first-order valence-electron chi connectivity index (χ1n) is 6.55. The fourth-order valence-corrected chi connectivity index (χ4v) is 2.43. The summed E-state index contributed by atoms with van der Waals surface area (Å²) in [4.78, 5) is 14.0. The second-order valence-corrected chi connectivity index (χ2v) is 5.18. The molecule has 1 aromatic carbocycles. The van der Waals surface area contributed by atoms with Gasteiger partial charge in [0, 0.05) is 12.1 Å². The van der Waals surface area contributed by atoms with Gasteiger partial charge in [-0.05, 0) is 37.1 Å². The third kappa shape index (κ3) is 3.46. The highest BCUT2D eigenvalue weighted by Gasteiger charge is 2.28. The molecule has 0 bridgehead atoms. The quantitative estimate of drug-likeness (QED) is 0.781. The summed E-state index contributed by atoms with van der Waals surface area (Å²) >= 11 is 4.86. The molecule has 1 heterocycles. The Balaban J connectivity index is 1.88. The molecule has 0 saturated carbocycles. The summed E-state index contributed by atoms with van der Waals surface area (Å²) in [6.07, 6.45) is 1.78. The van der Waals surface area contributed by atoms with E-state index in [9.17, 15) is 9.90 Å². The highest BCUT2D eigenvalue weighted by atomic mass is 32.1. The smallest absolute Gasteiger partial charge is 0.260 e. The van der Waals surface area contributed by atoms with E-state index in [0.717, 1.165) is 18.4 Å². The molecule has 1 atom stereocenters. The maximum Gasteiger partial charge on any atom is 0.260 e. The van der Waals surface area contributed by atoms with Crippen molar-refractivity contribution in [2.24, 2.45) is 5.73 Å². The monoisotopic (exact) mass is 294 g/mol. The van der Waals surface area contributed by atoms with Crippen LogP contribution in [-0.2, 0) is 4.79 Å². The van der Waals surface area contributed by atoms with Gasteiger partial charge >= 0.3 is 0 Å². The number of carbonyl (C=O) groups excluding carboxylic acids is 1. The molecule has 1 aliphatic rings. The van der Waals surface area contributed by atoms with E-state index in [2.05, 4.69) is 0 Å². The molecule has 0 aromatic heterocycles. The molecule has 0 radical (unpaired) electrons. The Morgan fingerprint density at radius 3 is 2.75 bits per heavy atom. The maximum absolute atomic E-state index is 12.0. The van der Waals surface area contributed by atoms with E-state index in [1.807, 2.05) is 0 Å². The Kier molecular flexibility index (Phi) is 4.92. The Hall–Kier alpha value is -1.66. The Morgan fingerprint density at radius 1 is 1.45 bits per heavy atom. The fraction of sp³-hybridized carbons (Fsp3) is 0.429. The van der Waals surface area contributed by atoms with Crippen molar-refractivity contribution in [3.05, 3.63) is 29.8 Å². The third-order valence-electron chi connectivity index (χ3n) is 3.41. The number of amides is 1. The molecule has 1 unspecified atom stereocenters. The van der Waals surface area contributed by atoms with Crippen molar-refractivity contribution < 1.29 is 14.6 Å². The van der Waals surface area contributed by atoms with Crippen LogP contribution in [0, 0.1) is 0 Å². The molecule has 0 aliphatic carbocycles. The average molecular weight is 294 g/mol. The molecule has 6 heteroatoms. The van der Waals surface area contributed by atoms with Crippen LogP contribution < -0.4 is 10.5 Å². The summed E-state index contributed by atoms with van der Waals surface area (Å²) in [5.41, 5.74) is 6.27. The summed E-state index contributed by atoms with van der Waals surface area (Å²) in [5, 5.41) is 9.19. The van der Waals surface area contributed by atoms with Gasteiger partial charge in [-0.15, -0.1) is 0 Å². The summed E-state index contributed by atoms with van der Waals surface area (Å²) < 4.78 is 5.45. The number of benzene rings is 1. The molecule has 1 fully saturated rings. The van der Waals surface area contributed by atoms with Crippen molar-refractivity contribution in [2.45, 2.75) is 18.9 Å². The van der Waals surface area contributed by atoms with Gasteiger partial charge in [-0.3, -0.25) is 4.79 Å². The van der Waals surface area contributed by atoms with Gasteiger partial charge in [-0.1, -0.05) is 12.2 Å². The first-order valence-corrected chi connectivity index (χ1v) is 6.95. The number of likely N-dealkylation sites (tertiary alicyclic amines) is 1. The normalized spacial score (nSPS) is 18.1. The predicted octanol–water partition coefficient (Wildman–Crippen LogP) is 0.683. The number of rotatable bonds is 5. The van der Waals surface area contributed by atoms with Crippen LogP contribution in [-0.4, -0.2) is 46.7 Å². The highest BCUT2D eigenvalue weighted by Crippen LogP contribution is 2.17. The van der Waals surface area contributed by atoms with Crippen molar-refractivity contribution in [2.75, 3.05) is 19.8 Å². The minimum atomic E-state index is -0.0972. The lowest BCUT2D eigenvalue weighted by Crippen LogP contribution is -2.40. The van der Waals surface area contributed by atoms with Crippen LogP contribution in [0.4, 0.5) is 0 Å². The first kappa shape index (κ1) is 14.7. The Bertz CT molecular complexity index is 490. The van der Waals surface area contributed by atoms with E-state index >= 15 is 0 Å². The fourth-order valence-electron chi connectivity index (χ4n) is 2.30. The largest absolute Gasteiger partial charge is 0.484 e. The van der Waals surface area contributed by atoms with E-state index in [1.165, 1.54) is 0 Å². The average Bonchev–Trinajstić information content (AvgIpc) is 2.93. The number of aliphatic hydroxyl groups excluding tert-OH is 1. The number of aliphatic hydroxyl groups is 1. The van der Waals surface area contributed by atoms with Gasteiger partial charge in [-0.2, -0.15) is 0 Å². The van der Waals surface area contributed by atoms with E-state index < -0.39 is 0 Å². The van der Waals surface area contributed by atoms with E-state index in [0.29, 0.717) is 17.3 Å². The maximum atomic E-state index is 12.0. The number of thiocarbonyl (C=S) groups is 1. The Labute approximate surface area is 123 Å². The van der Waals surface area contributed by atoms with Crippen LogP contribution in [0.1, 0.15) is 18.4 Å². The second-order valence-electron chi connectivity index (χ2n) is 4.74. The molecular formula is C14H18N2O3S. The number of hydrogen-bond donors (Lipinski definition) is 2. The first-order chi connectivity index (χ1) is 9.61. The van der Waals surface area contributed by atoms with Gasteiger partial charge in [-0.25, -0.2) is 0 Å².